The molecule has 2 amide bonds. The molecule has 2 aromatic carbocycles. The molecular formula is C17H19ClN2O2. The van der Waals surface area contributed by atoms with E-state index in [1.165, 1.54) is 0 Å². The number of hydrogen-bond donors (Lipinski definition) is 3. The maximum Gasteiger partial charge on any atom is 0.319 e. The minimum atomic E-state index is -0.312. The van der Waals surface area contributed by atoms with E-state index in [0.29, 0.717) is 17.1 Å². The number of urea groups is 1. The molecule has 0 bridgehead atoms. The summed E-state index contributed by atoms with van der Waals surface area (Å²) < 4.78 is 0. The van der Waals surface area contributed by atoms with E-state index in [1.54, 1.807) is 18.2 Å². The van der Waals surface area contributed by atoms with Gasteiger partial charge in [-0.2, -0.15) is 0 Å². The van der Waals surface area contributed by atoms with Crippen molar-refractivity contribution in [2.24, 2.45) is 0 Å². The van der Waals surface area contributed by atoms with Crippen LogP contribution in [0.3, 0.4) is 0 Å². The Morgan fingerprint density at radius 2 is 1.95 bits per heavy atom. The van der Waals surface area contributed by atoms with Crippen LogP contribution < -0.4 is 10.6 Å². The minimum Gasteiger partial charge on any atom is -0.396 e. The summed E-state index contributed by atoms with van der Waals surface area (Å²) in [7, 11) is 0. The van der Waals surface area contributed by atoms with E-state index in [1.807, 2.05) is 37.3 Å². The van der Waals surface area contributed by atoms with Crippen molar-refractivity contribution in [1.82, 2.24) is 5.32 Å². The maximum absolute atomic E-state index is 12.2. The molecule has 4 nitrogen and oxygen atoms in total. The van der Waals surface area contributed by atoms with Crippen LogP contribution >= 0.6 is 11.6 Å². The Balaban J connectivity index is 2.05. The van der Waals surface area contributed by atoms with Crippen LogP contribution in [-0.4, -0.2) is 17.7 Å². The topological polar surface area (TPSA) is 61.4 Å². The average Bonchev–Trinajstić information content (AvgIpc) is 2.50. The van der Waals surface area contributed by atoms with Gasteiger partial charge in [-0.1, -0.05) is 41.9 Å². The van der Waals surface area contributed by atoms with Crippen LogP contribution in [0.25, 0.3) is 0 Å². The molecule has 22 heavy (non-hydrogen) atoms. The van der Waals surface area contributed by atoms with E-state index in [0.717, 1.165) is 11.1 Å². The molecule has 116 valence electrons. The molecule has 0 unspecified atom stereocenters. The van der Waals surface area contributed by atoms with Gasteiger partial charge in [-0.15, -0.1) is 0 Å². The molecule has 0 spiro atoms. The second-order valence-corrected chi connectivity index (χ2v) is 5.47. The number of nitrogens with one attached hydrogen (secondary N) is 2. The zero-order valence-electron chi connectivity index (χ0n) is 12.3. The van der Waals surface area contributed by atoms with Gasteiger partial charge in [0.2, 0.25) is 0 Å². The molecule has 2 rings (SSSR count). The van der Waals surface area contributed by atoms with E-state index in [9.17, 15) is 9.90 Å². The second-order valence-electron chi connectivity index (χ2n) is 5.03. The molecule has 0 saturated heterocycles. The lowest BCUT2D eigenvalue weighted by Gasteiger charge is -2.19. The van der Waals surface area contributed by atoms with Gasteiger partial charge in [0.1, 0.15) is 0 Å². The highest BCUT2D eigenvalue weighted by molar-refractivity contribution is 6.30. The number of hydrogen-bond acceptors (Lipinski definition) is 2. The van der Waals surface area contributed by atoms with E-state index in [2.05, 4.69) is 10.6 Å². The fourth-order valence-electron chi connectivity index (χ4n) is 2.22. The summed E-state index contributed by atoms with van der Waals surface area (Å²) in [6, 6.07) is 14.3. The van der Waals surface area contributed by atoms with Crippen molar-refractivity contribution < 1.29 is 9.90 Å². The first-order valence-corrected chi connectivity index (χ1v) is 7.47. The first-order valence-electron chi connectivity index (χ1n) is 7.09. The van der Waals surface area contributed by atoms with Crippen LogP contribution in [0.4, 0.5) is 10.5 Å². The van der Waals surface area contributed by atoms with Gasteiger partial charge in [-0.05, 0) is 42.7 Å². The van der Waals surface area contributed by atoms with E-state index < -0.39 is 0 Å². The number of amides is 2. The third kappa shape index (κ3) is 4.48. The third-order valence-electron chi connectivity index (χ3n) is 3.36. The first-order chi connectivity index (χ1) is 10.6. The Kier molecular flexibility index (Phi) is 5.81. The Bertz CT molecular complexity index is 632. The predicted molar refractivity (Wildman–Crippen MR) is 89.2 cm³/mol. The van der Waals surface area contributed by atoms with E-state index >= 15 is 0 Å². The van der Waals surface area contributed by atoms with E-state index in [4.69, 9.17) is 11.6 Å². The lowest BCUT2D eigenvalue weighted by molar-refractivity contribution is 0.239. The smallest absolute Gasteiger partial charge is 0.319 e. The van der Waals surface area contributed by atoms with Gasteiger partial charge >= 0.3 is 6.03 Å². The van der Waals surface area contributed by atoms with Gasteiger partial charge in [0.25, 0.3) is 0 Å². The largest absolute Gasteiger partial charge is 0.396 e. The van der Waals surface area contributed by atoms with Crippen molar-refractivity contribution >= 4 is 23.3 Å². The lowest BCUT2D eigenvalue weighted by Crippen LogP contribution is -2.33. The highest BCUT2D eigenvalue weighted by atomic mass is 35.5. The van der Waals surface area contributed by atoms with Crippen molar-refractivity contribution in [1.29, 1.82) is 0 Å². The number of anilines is 1. The number of carbonyl (C=O) groups is 1. The number of halogens is 1. The number of rotatable bonds is 5. The van der Waals surface area contributed by atoms with Gasteiger partial charge < -0.3 is 15.7 Å². The number of aliphatic hydroxyl groups is 1. The Labute approximate surface area is 135 Å². The fraction of sp³-hybridized carbons (Fsp3) is 0.235. The molecule has 0 aliphatic rings. The zero-order chi connectivity index (χ0) is 15.9. The maximum atomic E-state index is 12.2. The molecule has 1 atom stereocenters. The molecular weight excluding hydrogens is 300 g/mol. The molecule has 0 fully saturated rings. The zero-order valence-corrected chi connectivity index (χ0v) is 13.1. The molecule has 0 saturated carbocycles. The van der Waals surface area contributed by atoms with Crippen molar-refractivity contribution in [3.63, 3.8) is 0 Å². The standard InChI is InChI=1S/C17H19ClN2O2/c1-12-11-14(18)7-8-15(12)19-17(22)20-16(9-10-21)13-5-3-2-4-6-13/h2-8,11,16,21H,9-10H2,1H3,(H2,19,20,22)/t16-/m1/s1. The molecule has 0 aliphatic heterocycles. The molecule has 0 aromatic heterocycles. The van der Waals surface area contributed by atoms with Gasteiger partial charge in [0.05, 0.1) is 6.04 Å². The first kappa shape index (κ1) is 16.3. The number of aliphatic hydroxyl groups excluding tert-OH is 1. The minimum absolute atomic E-state index is 0.000185. The summed E-state index contributed by atoms with van der Waals surface area (Å²) in [6.07, 6.45) is 0.455. The summed E-state index contributed by atoms with van der Waals surface area (Å²) in [5, 5.41) is 15.5. The van der Waals surface area contributed by atoms with Crippen molar-refractivity contribution in [2.45, 2.75) is 19.4 Å². The van der Waals surface area contributed by atoms with Gasteiger partial charge in [-0.25, -0.2) is 4.79 Å². The van der Waals surface area contributed by atoms with Gasteiger partial charge in [0, 0.05) is 17.3 Å². The summed E-state index contributed by atoms with van der Waals surface area (Å²) >= 11 is 5.90. The highest BCUT2D eigenvalue weighted by Crippen LogP contribution is 2.20. The quantitative estimate of drug-likeness (QED) is 0.783. The molecule has 0 heterocycles. The van der Waals surface area contributed by atoms with Crippen molar-refractivity contribution in [2.75, 3.05) is 11.9 Å². The van der Waals surface area contributed by atoms with Crippen molar-refractivity contribution in [3.8, 4) is 0 Å². The van der Waals surface area contributed by atoms with Gasteiger partial charge in [0.15, 0.2) is 0 Å². The fourth-order valence-corrected chi connectivity index (χ4v) is 2.45. The summed E-state index contributed by atoms with van der Waals surface area (Å²) in [6.45, 7) is 1.88. The van der Waals surface area contributed by atoms with Crippen LogP contribution in [0.15, 0.2) is 48.5 Å². The van der Waals surface area contributed by atoms with Crippen molar-refractivity contribution in [3.05, 3.63) is 64.7 Å². The van der Waals surface area contributed by atoms with E-state index in [-0.39, 0.29) is 18.7 Å². The molecule has 0 aliphatic carbocycles. The van der Waals surface area contributed by atoms with Gasteiger partial charge in [-0.3, -0.25) is 0 Å². The summed E-state index contributed by atoms with van der Waals surface area (Å²) in [5.41, 5.74) is 2.55. The lowest BCUT2D eigenvalue weighted by atomic mass is 10.0. The third-order valence-corrected chi connectivity index (χ3v) is 3.60. The van der Waals surface area contributed by atoms with Crippen LogP contribution in [0.5, 0.6) is 0 Å². The SMILES string of the molecule is Cc1cc(Cl)ccc1NC(=O)N[C@H](CCO)c1ccccc1. The highest BCUT2D eigenvalue weighted by Gasteiger charge is 2.14. The Morgan fingerprint density at radius 3 is 2.59 bits per heavy atom. The Hall–Kier alpha value is -2.04. The number of carbonyl (C=O) groups excluding carboxylic acids is 1. The van der Waals surface area contributed by atoms with Crippen LogP contribution in [0.2, 0.25) is 5.02 Å². The van der Waals surface area contributed by atoms with Crippen LogP contribution in [-0.2, 0) is 0 Å². The summed E-state index contributed by atoms with van der Waals surface area (Å²) in [4.78, 5) is 12.2. The summed E-state index contributed by atoms with van der Waals surface area (Å²) in [5.74, 6) is 0. The number of aryl methyl sites for hydroxylation is 1. The monoisotopic (exact) mass is 318 g/mol. The second kappa shape index (κ2) is 7.82. The predicted octanol–water partition coefficient (Wildman–Crippen LogP) is 3.89. The Morgan fingerprint density at radius 1 is 1.23 bits per heavy atom. The molecule has 3 N–H and O–H groups in total. The number of benzene rings is 2. The molecule has 5 heteroatoms. The van der Waals surface area contributed by atoms with Crippen LogP contribution in [0.1, 0.15) is 23.6 Å². The average molecular weight is 319 g/mol. The van der Waals surface area contributed by atoms with Crippen LogP contribution in [0, 0.1) is 6.92 Å². The molecule has 0 radical (unpaired) electrons. The normalized spacial score (nSPS) is 11.8. The molecule has 2 aromatic rings.